The van der Waals surface area contributed by atoms with Crippen LogP contribution < -0.4 is 4.90 Å². The Hall–Kier alpha value is -1.63. The summed E-state index contributed by atoms with van der Waals surface area (Å²) in [6.45, 7) is 2.73. The first-order valence-corrected chi connectivity index (χ1v) is 8.43. The van der Waals surface area contributed by atoms with Crippen molar-refractivity contribution in [3.63, 3.8) is 0 Å². The molecule has 7 heteroatoms. The van der Waals surface area contributed by atoms with E-state index in [2.05, 4.69) is 4.98 Å². The number of carboxylic acids is 1. The molecule has 0 bridgehead atoms. The third-order valence-corrected chi connectivity index (χ3v) is 4.90. The first-order valence-electron chi connectivity index (χ1n) is 6.61. The summed E-state index contributed by atoms with van der Waals surface area (Å²) in [5, 5.41) is 9.14. The van der Waals surface area contributed by atoms with Gasteiger partial charge in [0.2, 0.25) is 0 Å². The van der Waals surface area contributed by atoms with Crippen molar-refractivity contribution in [2.45, 2.75) is 19.8 Å². The van der Waals surface area contributed by atoms with Crippen LogP contribution in [0.5, 0.6) is 0 Å². The molecule has 0 atom stereocenters. The molecule has 1 fully saturated rings. The number of aromatic nitrogens is 1. The van der Waals surface area contributed by atoms with Gasteiger partial charge in [0, 0.05) is 18.8 Å². The quantitative estimate of drug-likeness (QED) is 0.891. The molecule has 1 aliphatic rings. The van der Waals surface area contributed by atoms with Gasteiger partial charge in [0.25, 0.3) is 0 Å². The molecule has 1 N–H and O–H groups in total. The van der Waals surface area contributed by atoms with Gasteiger partial charge in [0.1, 0.15) is 5.82 Å². The fraction of sp³-hybridized carbons (Fsp3) is 0.538. The lowest BCUT2D eigenvalue weighted by Crippen LogP contribution is -2.40. The first kappa shape index (κ1) is 14.8. The average molecular weight is 298 g/mol. The molecule has 0 unspecified atom stereocenters. The van der Waals surface area contributed by atoms with Gasteiger partial charge >= 0.3 is 5.97 Å². The molecule has 2 rings (SSSR count). The molecular formula is C13H18N2O4S. The van der Waals surface area contributed by atoms with E-state index in [0.29, 0.717) is 25.3 Å². The summed E-state index contributed by atoms with van der Waals surface area (Å²) < 4.78 is 22.9. The molecule has 0 aromatic carbocycles. The highest BCUT2D eigenvalue weighted by Crippen LogP contribution is 2.19. The van der Waals surface area contributed by atoms with Gasteiger partial charge in [-0.1, -0.05) is 13.3 Å². The number of pyridine rings is 1. The van der Waals surface area contributed by atoms with Gasteiger partial charge in [0.05, 0.1) is 17.1 Å². The van der Waals surface area contributed by atoms with Crippen molar-refractivity contribution in [3.05, 3.63) is 23.4 Å². The minimum absolute atomic E-state index is 0.0924. The number of hydrogen-bond acceptors (Lipinski definition) is 5. The molecule has 1 saturated heterocycles. The topological polar surface area (TPSA) is 87.6 Å². The summed E-state index contributed by atoms with van der Waals surface area (Å²) >= 11 is 0. The zero-order valence-corrected chi connectivity index (χ0v) is 12.2. The van der Waals surface area contributed by atoms with E-state index in [1.165, 1.54) is 6.07 Å². The maximum Gasteiger partial charge on any atom is 0.335 e. The number of carbonyl (C=O) groups is 1. The molecule has 1 aliphatic heterocycles. The molecule has 1 aromatic heterocycles. The molecule has 0 spiro atoms. The van der Waals surface area contributed by atoms with E-state index in [1.807, 2.05) is 11.8 Å². The van der Waals surface area contributed by atoms with Gasteiger partial charge in [-0.2, -0.15) is 0 Å². The standard InChI is InChI=1S/C13H18N2O4S/c1-2-3-11-8-10(13(16)17)9-12(14-11)15-4-6-20(18,19)7-5-15/h8-9H,2-7H2,1H3,(H,16,17). The van der Waals surface area contributed by atoms with Gasteiger partial charge in [-0.3, -0.25) is 0 Å². The summed E-state index contributed by atoms with van der Waals surface area (Å²) in [6, 6.07) is 3.09. The highest BCUT2D eigenvalue weighted by atomic mass is 32.2. The van der Waals surface area contributed by atoms with Crippen molar-refractivity contribution in [1.29, 1.82) is 0 Å². The van der Waals surface area contributed by atoms with E-state index < -0.39 is 15.8 Å². The molecule has 110 valence electrons. The smallest absolute Gasteiger partial charge is 0.335 e. The Morgan fingerprint density at radius 3 is 2.55 bits per heavy atom. The van der Waals surface area contributed by atoms with Gasteiger partial charge in [0.15, 0.2) is 9.84 Å². The number of sulfone groups is 1. The van der Waals surface area contributed by atoms with Crippen LogP contribution in [0.25, 0.3) is 0 Å². The lowest BCUT2D eigenvalue weighted by Gasteiger charge is -2.28. The fourth-order valence-electron chi connectivity index (χ4n) is 2.18. The second-order valence-electron chi connectivity index (χ2n) is 4.90. The fourth-order valence-corrected chi connectivity index (χ4v) is 3.38. The second-order valence-corrected chi connectivity index (χ2v) is 7.20. The van der Waals surface area contributed by atoms with Crippen LogP contribution in [0, 0.1) is 0 Å². The van der Waals surface area contributed by atoms with Crippen LogP contribution in [0.1, 0.15) is 29.4 Å². The second kappa shape index (κ2) is 5.78. The van der Waals surface area contributed by atoms with Crippen LogP contribution in [-0.2, 0) is 16.3 Å². The third kappa shape index (κ3) is 3.47. The molecule has 0 amide bonds. The van der Waals surface area contributed by atoms with Gasteiger partial charge < -0.3 is 10.0 Å². The monoisotopic (exact) mass is 298 g/mol. The molecule has 6 nitrogen and oxygen atoms in total. The highest BCUT2D eigenvalue weighted by Gasteiger charge is 2.23. The van der Waals surface area contributed by atoms with Crippen LogP contribution >= 0.6 is 0 Å². The Morgan fingerprint density at radius 1 is 1.35 bits per heavy atom. The number of aryl methyl sites for hydroxylation is 1. The molecular weight excluding hydrogens is 280 g/mol. The number of aromatic carboxylic acids is 1. The summed E-state index contributed by atoms with van der Waals surface area (Å²) in [6.07, 6.45) is 1.59. The van der Waals surface area contributed by atoms with E-state index in [4.69, 9.17) is 5.11 Å². The predicted molar refractivity (Wildman–Crippen MR) is 76.1 cm³/mol. The Kier molecular flexibility index (Phi) is 4.27. The largest absolute Gasteiger partial charge is 0.478 e. The normalized spacial score (nSPS) is 17.9. The summed E-state index contributed by atoms with van der Waals surface area (Å²) in [4.78, 5) is 17.4. The summed E-state index contributed by atoms with van der Waals surface area (Å²) in [7, 11) is -2.96. The van der Waals surface area contributed by atoms with Crippen molar-refractivity contribution in [2.75, 3.05) is 29.5 Å². The van der Waals surface area contributed by atoms with Crippen LogP contribution in [0.15, 0.2) is 12.1 Å². The molecule has 0 saturated carbocycles. The van der Waals surface area contributed by atoms with E-state index in [1.54, 1.807) is 6.07 Å². The molecule has 20 heavy (non-hydrogen) atoms. The lowest BCUT2D eigenvalue weighted by molar-refractivity contribution is 0.0696. The predicted octanol–water partition coefficient (Wildman–Crippen LogP) is 0.967. The summed E-state index contributed by atoms with van der Waals surface area (Å²) in [5.74, 6) is -0.247. The minimum Gasteiger partial charge on any atom is -0.478 e. The Morgan fingerprint density at radius 2 is 2.00 bits per heavy atom. The van der Waals surface area contributed by atoms with Crippen LogP contribution in [0.4, 0.5) is 5.82 Å². The van der Waals surface area contributed by atoms with E-state index in [-0.39, 0.29) is 17.1 Å². The van der Waals surface area contributed by atoms with Gasteiger partial charge in [-0.25, -0.2) is 18.2 Å². The maximum atomic E-state index is 11.4. The van der Waals surface area contributed by atoms with Crippen molar-refractivity contribution in [1.82, 2.24) is 4.98 Å². The number of carboxylic acid groups (broad SMARTS) is 1. The zero-order valence-electron chi connectivity index (χ0n) is 11.4. The number of anilines is 1. The molecule has 1 aromatic rings. The average Bonchev–Trinajstić information content (AvgIpc) is 2.38. The Labute approximate surface area is 118 Å². The Balaban J connectivity index is 2.28. The number of rotatable bonds is 4. The highest BCUT2D eigenvalue weighted by molar-refractivity contribution is 7.91. The van der Waals surface area contributed by atoms with Crippen LogP contribution in [-0.4, -0.2) is 49.1 Å². The minimum atomic E-state index is -2.96. The summed E-state index contributed by atoms with van der Waals surface area (Å²) in [5.41, 5.74) is 0.933. The molecule has 0 radical (unpaired) electrons. The van der Waals surface area contributed by atoms with Gasteiger partial charge in [-0.15, -0.1) is 0 Å². The van der Waals surface area contributed by atoms with Crippen LogP contribution in [0.3, 0.4) is 0 Å². The first-order chi connectivity index (χ1) is 9.41. The Bertz CT molecular complexity index is 599. The van der Waals surface area contributed by atoms with E-state index in [9.17, 15) is 13.2 Å². The number of nitrogens with zero attached hydrogens (tertiary/aromatic N) is 2. The lowest BCUT2D eigenvalue weighted by atomic mass is 10.1. The van der Waals surface area contributed by atoms with Crippen molar-refractivity contribution >= 4 is 21.6 Å². The number of hydrogen-bond donors (Lipinski definition) is 1. The SMILES string of the molecule is CCCc1cc(C(=O)O)cc(N2CCS(=O)(=O)CC2)n1. The van der Waals surface area contributed by atoms with Crippen molar-refractivity contribution in [2.24, 2.45) is 0 Å². The van der Waals surface area contributed by atoms with E-state index >= 15 is 0 Å². The van der Waals surface area contributed by atoms with Crippen molar-refractivity contribution in [3.8, 4) is 0 Å². The molecule has 0 aliphatic carbocycles. The van der Waals surface area contributed by atoms with Crippen LogP contribution in [0.2, 0.25) is 0 Å². The third-order valence-electron chi connectivity index (χ3n) is 3.29. The molecule has 2 heterocycles. The zero-order chi connectivity index (χ0) is 14.8. The van der Waals surface area contributed by atoms with Gasteiger partial charge in [-0.05, 0) is 18.6 Å². The van der Waals surface area contributed by atoms with Crippen molar-refractivity contribution < 1.29 is 18.3 Å². The maximum absolute atomic E-state index is 11.4. The van der Waals surface area contributed by atoms with E-state index in [0.717, 1.165) is 12.1 Å².